The molecule has 0 spiro atoms. The number of ether oxygens (including phenoxy) is 2. The maximum absolute atomic E-state index is 5.57. The summed E-state index contributed by atoms with van der Waals surface area (Å²) in [4.78, 5) is 0. The molecule has 0 aliphatic rings. The molecule has 0 heterocycles. The van der Waals surface area contributed by atoms with Gasteiger partial charge in [0.15, 0.2) is 0 Å². The summed E-state index contributed by atoms with van der Waals surface area (Å²) in [5.41, 5.74) is 2.26. The fraction of sp³-hybridized carbons (Fsp3) is 0.368. The van der Waals surface area contributed by atoms with E-state index in [1.165, 1.54) is 5.56 Å². The fourth-order valence-corrected chi connectivity index (χ4v) is 1.66. The summed E-state index contributed by atoms with van der Waals surface area (Å²) in [6.07, 6.45) is 8.15. The molecule has 0 fully saturated rings. The van der Waals surface area contributed by atoms with Crippen molar-refractivity contribution < 1.29 is 9.47 Å². The molecule has 0 aliphatic heterocycles. The van der Waals surface area contributed by atoms with Crippen LogP contribution in [0.15, 0.2) is 66.8 Å². The van der Waals surface area contributed by atoms with E-state index in [-0.39, 0.29) is 0 Å². The van der Waals surface area contributed by atoms with Crippen LogP contribution in [0.1, 0.15) is 19.4 Å². The molecule has 1 atom stereocenters. The zero-order chi connectivity index (χ0) is 15.3. The maximum Gasteiger partial charge on any atom is 0.0721 e. The lowest BCUT2D eigenvalue weighted by Gasteiger charge is -2.05. The lowest BCUT2D eigenvalue weighted by atomic mass is 10.1. The number of hydrogen-bond donors (Lipinski definition) is 0. The van der Waals surface area contributed by atoms with Gasteiger partial charge in [0.05, 0.1) is 26.4 Å². The van der Waals surface area contributed by atoms with Crippen LogP contribution in [0.4, 0.5) is 0 Å². The molecule has 114 valence electrons. The Morgan fingerprint density at radius 1 is 1.14 bits per heavy atom. The highest BCUT2D eigenvalue weighted by Crippen LogP contribution is 2.02. The van der Waals surface area contributed by atoms with Crippen LogP contribution in [-0.4, -0.2) is 19.8 Å². The molecule has 0 N–H and O–H groups in total. The second-order valence-corrected chi connectivity index (χ2v) is 5.19. The second-order valence-electron chi connectivity index (χ2n) is 5.19. The first-order chi connectivity index (χ1) is 10.2. The third-order valence-electron chi connectivity index (χ3n) is 2.80. The van der Waals surface area contributed by atoms with Crippen LogP contribution in [0.5, 0.6) is 0 Å². The van der Waals surface area contributed by atoms with Gasteiger partial charge in [0, 0.05) is 0 Å². The summed E-state index contributed by atoms with van der Waals surface area (Å²) in [6, 6.07) is 10.2. The number of benzene rings is 1. The third kappa shape index (κ3) is 9.83. The highest BCUT2D eigenvalue weighted by Gasteiger charge is 1.95. The van der Waals surface area contributed by atoms with Crippen molar-refractivity contribution >= 4 is 0 Å². The van der Waals surface area contributed by atoms with Crippen LogP contribution in [0.2, 0.25) is 0 Å². The topological polar surface area (TPSA) is 18.5 Å². The summed E-state index contributed by atoms with van der Waals surface area (Å²) in [5, 5.41) is 0. The van der Waals surface area contributed by atoms with E-state index < -0.39 is 0 Å². The lowest BCUT2D eigenvalue weighted by molar-refractivity contribution is 0.137. The van der Waals surface area contributed by atoms with Crippen LogP contribution in [-0.2, 0) is 16.1 Å². The predicted octanol–water partition coefficient (Wildman–Crippen LogP) is 4.54. The Bertz CT molecular complexity index is 446. The van der Waals surface area contributed by atoms with Gasteiger partial charge in [0.25, 0.3) is 0 Å². The van der Waals surface area contributed by atoms with Crippen molar-refractivity contribution in [3.63, 3.8) is 0 Å². The summed E-state index contributed by atoms with van der Waals surface area (Å²) in [7, 11) is 0. The molecule has 0 unspecified atom stereocenters. The molecule has 21 heavy (non-hydrogen) atoms. The zero-order valence-corrected chi connectivity index (χ0v) is 13.1. The Kier molecular flexibility index (Phi) is 9.18. The standard InChI is InChI=1S/C19H26O2/c1-17(2)11-12-18(3)15-20-13-7-8-14-21-16-19-9-5-4-6-10-19/h4-12,18H,1,13-16H2,2-3H3/b8-7-,12-11+/t18-/m1/s1. The first kappa shape index (κ1) is 17.4. The number of allylic oxidation sites excluding steroid dienone is 2. The van der Waals surface area contributed by atoms with Gasteiger partial charge in [-0.25, -0.2) is 0 Å². The fourth-order valence-electron chi connectivity index (χ4n) is 1.66. The highest BCUT2D eigenvalue weighted by atomic mass is 16.5. The van der Waals surface area contributed by atoms with Crippen molar-refractivity contribution in [2.24, 2.45) is 5.92 Å². The molecule has 2 heteroatoms. The van der Waals surface area contributed by atoms with Gasteiger partial charge in [-0.3, -0.25) is 0 Å². The average molecular weight is 286 g/mol. The molecular formula is C19H26O2. The molecule has 0 radical (unpaired) electrons. The molecule has 0 saturated carbocycles. The molecule has 0 aromatic heterocycles. The normalized spacial score (nSPS) is 13.0. The van der Waals surface area contributed by atoms with Crippen molar-refractivity contribution in [1.29, 1.82) is 0 Å². The summed E-state index contributed by atoms with van der Waals surface area (Å²) in [5.74, 6) is 0.407. The molecule has 2 nitrogen and oxygen atoms in total. The van der Waals surface area contributed by atoms with Crippen molar-refractivity contribution in [3.05, 3.63) is 72.4 Å². The van der Waals surface area contributed by atoms with Crippen molar-refractivity contribution in [2.75, 3.05) is 19.8 Å². The quantitative estimate of drug-likeness (QED) is 0.357. The van der Waals surface area contributed by atoms with Crippen molar-refractivity contribution in [2.45, 2.75) is 20.5 Å². The van der Waals surface area contributed by atoms with Gasteiger partial charge in [-0.1, -0.05) is 73.7 Å². The molecule has 0 aliphatic carbocycles. The van der Waals surface area contributed by atoms with E-state index in [2.05, 4.69) is 31.7 Å². The van der Waals surface area contributed by atoms with Crippen LogP contribution in [0, 0.1) is 5.92 Å². The summed E-state index contributed by atoms with van der Waals surface area (Å²) >= 11 is 0. The first-order valence-electron chi connectivity index (χ1n) is 7.36. The van der Waals surface area contributed by atoms with E-state index in [1.54, 1.807) is 0 Å². The molecule has 1 rings (SSSR count). The average Bonchev–Trinajstić information content (AvgIpc) is 2.49. The molecule has 0 amide bonds. The molecular weight excluding hydrogens is 260 g/mol. The Morgan fingerprint density at radius 3 is 2.48 bits per heavy atom. The molecule has 1 aromatic rings. The van der Waals surface area contributed by atoms with Gasteiger partial charge in [-0.2, -0.15) is 0 Å². The van der Waals surface area contributed by atoms with E-state index in [9.17, 15) is 0 Å². The van der Waals surface area contributed by atoms with Gasteiger partial charge in [-0.15, -0.1) is 0 Å². The monoisotopic (exact) mass is 286 g/mol. The van der Waals surface area contributed by atoms with Crippen LogP contribution in [0.25, 0.3) is 0 Å². The van der Waals surface area contributed by atoms with E-state index >= 15 is 0 Å². The lowest BCUT2D eigenvalue weighted by Crippen LogP contribution is -2.03. The maximum atomic E-state index is 5.57. The van der Waals surface area contributed by atoms with Crippen LogP contribution in [0.3, 0.4) is 0 Å². The summed E-state index contributed by atoms with van der Waals surface area (Å²) in [6.45, 7) is 10.6. The van der Waals surface area contributed by atoms with Crippen LogP contribution < -0.4 is 0 Å². The Morgan fingerprint density at radius 2 is 1.81 bits per heavy atom. The third-order valence-corrected chi connectivity index (χ3v) is 2.80. The van der Waals surface area contributed by atoms with Gasteiger partial charge in [-0.05, 0) is 18.4 Å². The summed E-state index contributed by atoms with van der Waals surface area (Å²) < 4.78 is 11.1. The Balaban J connectivity index is 2.01. The SMILES string of the molecule is C=C(C)/C=C/[C@@H](C)COC/C=C\COCc1ccccc1. The highest BCUT2D eigenvalue weighted by molar-refractivity contribution is 5.13. The molecule has 0 bridgehead atoms. The Labute approximate surface area is 128 Å². The number of hydrogen-bond acceptors (Lipinski definition) is 2. The van der Waals surface area contributed by atoms with E-state index in [0.717, 1.165) is 12.2 Å². The van der Waals surface area contributed by atoms with Crippen molar-refractivity contribution in [3.8, 4) is 0 Å². The molecule has 1 aromatic carbocycles. The largest absolute Gasteiger partial charge is 0.377 e. The Hall–Kier alpha value is -1.64. The van der Waals surface area contributed by atoms with Gasteiger partial charge in [0.1, 0.15) is 0 Å². The molecule has 0 saturated heterocycles. The van der Waals surface area contributed by atoms with Gasteiger partial charge in [0.2, 0.25) is 0 Å². The predicted molar refractivity (Wildman–Crippen MR) is 89.2 cm³/mol. The van der Waals surface area contributed by atoms with Gasteiger partial charge < -0.3 is 9.47 Å². The van der Waals surface area contributed by atoms with E-state index in [1.807, 2.05) is 43.4 Å². The smallest absolute Gasteiger partial charge is 0.0721 e. The first-order valence-corrected chi connectivity index (χ1v) is 7.36. The minimum absolute atomic E-state index is 0.407. The van der Waals surface area contributed by atoms with Crippen LogP contribution >= 0.6 is 0 Å². The van der Waals surface area contributed by atoms with E-state index in [4.69, 9.17) is 9.47 Å². The van der Waals surface area contributed by atoms with Gasteiger partial charge >= 0.3 is 0 Å². The minimum Gasteiger partial charge on any atom is -0.377 e. The zero-order valence-electron chi connectivity index (χ0n) is 13.1. The second kappa shape index (κ2) is 11.1. The minimum atomic E-state index is 0.407. The van der Waals surface area contributed by atoms with Crippen molar-refractivity contribution in [1.82, 2.24) is 0 Å². The number of rotatable bonds is 10. The van der Waals surface area contributed by atoms with E-state index in [0.29, 0.717) is 25.7 Å².